The van der Waals surface area contributed by atoms with Gasteiger partial charge in [-0.1, -0.05) is 12.1 Å². The van der Waals surface area contributed by atoms with Gasteiger partial charge in [0.2, 0.25) is 5.91 Å². The number of nitrogens with zero attached hydrogens (tertiary/aromatic N) is 1. The Balaban J connectivity index is 1.94. The number of carbonyl (C=O) groups is 1. The van der Waals surface area contributed by atoms with Crippen LogP contribution in [0.2, 0.25) is 0 Å². The van der Waals surface area contributed by atoms with Crippen molar-refractivity contribution in [1.29, 1.82) is 0 Å². The monoisotopic (exact) mass is 281 g/mol. The largest absolute Gasteiger partial charge is 0.491 e. The molecule has 4 heteroatoms. The molecule has 2 rings (SSSR count). The minimum atomic E-state index is 0.176. The van der Waals surface area contributed by atoms with E-state index in [-0.39, 0.29) is 12.0 Å². The summed E-state index contributed by atoms with van der Waals surface area (Å²) in [5.41, 5.74) is 1.12. The SMILES string of the molecule is CC(C)Oc1ccc(CN2CC(CCl)CC2=O)cc1. The molecule has 0 bridgehead atoms. The Labute approximate surface area is 119 Å². The van der Waals surface area contributed by atoms with E-state index in [4.69, 9.17) is 16.3 Å². The number of hydrogen-bond acceptors (Lipinski definition) is 2. The number of alkyl halides is 1. The summed E-state index contributed by atoms with van der Waals surface area (Å²) in [6.07, 6.45) is 0.758. The fraction of sp³-hybridized carbons (Fsp3) is 0.533. The van der Waals surface area contributed by atoms with E-state index in [0.29, 0.717) is 24.8 Å². The fourth-order valence-electron chi connectivity index (χ4n) is 2.28. The summed E-state index contributed by atoms with van der Waals surface area (Å²) in [6.45, 7) is 5.44. The molecule has 1 heterocycles. The van der Waals surface area contributed by atoms with E-state index in [1.54, 1.807) is 0 Å². The summed E-state index contributed by atoms with van der Waals surface area (Å²) in [5, 5.41) is 0. The van der Waals surface area contributed by atoms with Crippen molar-refractivity contribution in [3.63, 3.8) is 0 Å². The second-order valence-corrected chi connectivity index (χ2v) is 5.62. The number of benzene rings is 1. The normalized spacial score (nSPS) is 19.3. The van der Waals surface area contributed by atoms with Gasteiger partial charge in [-0.3, -0.25) is 4.79 Å². The van der Waals surface area contributed by atoms with Crippen LogP contribution in [0.15, 0.2) is 24.3 Å². The summed E-state index contributed by atoms with van der Waals surface area (Å²) in [6, 6.07) is 7.93. The highest BCUT2D eigenvalue weighted by Gasteiger charge is 2.28. The molecule has 1 aromatic carbocycles. The van der Waals surface area contributed by atoms with E-state index in [1.165, 1.54) is 0 Å². The molecular weight excluding hydrogens is 262 g/mol. The predicted octanol–water partition coefficient (Wildman–Crippen LogP) is 3.06. The molecule has 0 spiro atoms. The van der Waals surface area contributed by atoms with Gasteiger partial charge in [-0.15, -0.1) is 11.6 Å². The van der Waals surface area contributed by atoms with E-state index in [9.17, 15) is 4.79 Å². The molecule has 0 aromatic heterocycles. The third-order valence-electron chi connectivity index (χ3n) is 3.18. The second-order valence-electron chi connectivity index (χ2n) is 5.31. The first-order valence-electron chi connectivity index (χ1n) is 6.68. The van der Waals surface area contributed by atoms with Gasteiger partial charge in [0.1, 0.15) is 5.75 Å². The molecule has 1 aliphatic heterocycles. The van der Waals surface area contributed by atoms with Gasteiger partial charge in [0.25, 0.3) is 0 Å². The number of halogens is 1. The molecule has 0 saturated carbocycles. The summed E-state index contributed by atoms with van der Waals surface area (Å²) < 4.78 is 5.60. The van der Waals surface area contributed by atoms with E-state index >= 15 is 0 Å². The van der Waals surface area contributed by atoms with Gasteiger partial charge < -0.3 is 9.64 Å². The Hall–Kier alpha value is -1.22. The average Bonchev–Trinajstić information content (AvgIpc) is 2.72. The van der Waals surface area contributed by atoms with Gasteiger partial charge >= 0.3 is 0 Å². The Bertz CT molecular complexity index is 430. The van der Waals surface area contributed by atoms with Crippen LogP contribution >= 0.6 is 11.6 Å². The molecule has 0 N–H and O–H groups in total. The van der Waals surface area contributed by atoms with Crippen molar-refractivity contribution in [2.45, 2.75) is 32.9 Å². The van der Waals surface area contributed by atoms with Crippen molar-refractivity contribution >= 4 is 17.5 Å². The summed E-state index contributed by atoms with van der Waals surface area (Å²) in [4.78, 5) is 13.7. The molecule has 1 aliphatic rings. The second kappa shape index (κ2) is 6.29. The van der Waals surface area contributed by atoms with Crippen LogP contribution in [0.3, 0.4) is 0 Å². The molecule has 19 heavy (non-hydrogen) atoms. The number of carbonyl (C=O) groups excluding carboxylic acids is 1. The van der Waals surface area contributed by atoms with Crippen LogP contribution in [0.5, 0.6) is 5.75 Å². The van der Waals surface area contributed by atoms with Gasteiger partial charge in [0.15, 0.2) is 0 Å². The van der Waals surface area contributed by atoms with E-state index in [1.807, 2.05) is 43.0 Å². The minimum Gasteiger partial charge on any atom is -0.491 e. The van der Waals surface area contributed by atoms with Crippen LogP contribution in [0.4, 0.5) is 0 Å². The zero-order chi connectivity index (χ0) is 13.8. The first-order chi connectivity index (χ1) is 9.08. The third-order valence-corrected chi connectivity index (χ3v) is 3.62. The van der Waals surface area contributed by atoms with Crippen molar-refractivity contribution in [1.82, 2.24) is 4.90 Å². The van der Waals surface area contributed by atoms with Gasteiger partial charge in [-0.25, -0.2) is 0 Å². The smallest absolute Gasteiger partial charge is 0.223 e. The zero-order valence-electron chi connectivity index (χ0n) is 11.4. The van der Waals surface area contributed by atoms with E-state index in [0.717, 1.165) is 17.9 Å². The standard InChI is InChI=1S/C15H20ClNO2/c1-11(2)19-14-5-3-12(4-6-14)9-17-10-13(8-16)7-15(17)18/h3-6,11,13H,7-10H2,1-2H3. The highest BCUT2D eigenvalue weighted by Crippen LogP contribution is 2.22. The molecular formula is C15H20ClNO2. The van der Waals surface area contributed by atoms with Gasteiger partial charge in [0.05, 0.1) is 6.10 Å². The van der Waals surface area contributed by atoms with Crippen molar-refractivity contribution in [3.8, 4) is 5.75 Å². The maximum Gasteiger partial charge on any atom is 0.223 e. The van der Waals surface area contributed by atoms with Gasteiger partial charge in [-0.2, -0.15) is 0 Å². The first kappa shape index (κ1) is 14.2. The van der Waals surface area contributed by atoms with Crippen molar-refractivity contribution in [3.05, 3.63) is 29.8 Å². The highest BCUT2D eigenvalue weighted by atomic mass is 35.5. The maximum atomic E-state index is 11.8. The van der Waals surface area contributed by atoms with Crippen LogP contribution in [0.25, 0.3) is 0 Å². The van der Waals surface area contributed by atoms with E-state index in [2.05, 4.69) is 0 Å². The molecule has 1 aromatic rings. The number of likely N-dealkylation sites (tertiary alicyclic amines) is 1. The van der Waals surface area contributed by atoms with Gasteiger partial charge in [-0.05, 0) is 37.5 Å². The summed E-state index contributed by atoms with van der Waals surface area (Å²) in [7, 11) is 0. The van der Waals surface area contributed by atoms with Crippen LogP contribution < -0.4 is 4.74 Å². The van der Waals surface area contributed by atoms with Crippen molar-refractivity contribution in [2.75, 3.05) is 12.4 Å². The average molecular weight is 282 g/mol. The quantitative estimate of drug-likeness (QED) is 0.777. The lowest BCUT2D eigenvalue weighted by Crippen LogP contribution is -2.24. The third kappa shape index (κ3) is 3.87. The lowest BCUT2D eigenvalue weighted by Gasteiger charge is -2.17. The number of amides is 1. The highest BCUT2D eigenvalue weighted by molar-refractivity contribution is 6.18. The van der Waals surface area contributed by atoms with Crippen molar-refractivity contribution in [2.24, 2.45) is 5.92 Å². The molecule has 1 atom stereocenters. The number of rotatable bonds is 5. The van der Waals surface area contributed by atoms with Crippen molar-refractivity contribution < 1.29 is 9.53 Å². The van der Waals surface area contributed by atoms with E-state index < -0.39 is 0 Å². The Kier molecular flexibility index (Phi) is 4.70. The summed E-state index contributed by atoms with van der Waals surface area (Å²) >= 11 is 5.82. The zero-order valence-corrected chi connectivity index (χ0v) is 12.2. The summed E-state index contributed by atoms with van der Waals surface area (Å²) in [5.74, 6) is 1.93. The Morgan fingerprint density at radius 2 is 2.05 bits per heavy atom. The first-order valence-corrected chi connectivity index (χ1v) is 7.21. The van der Waals surface area contributed by atoms with Crippen LogP contribution in [-0.2, 0) is 11.3 Å². The molecule has 1 unspecified atom stereocenters. The molecule has 104 valence electrons. The lowest BCUT2D eigenvalue weighted by atomic mass is 10.1. The molecule has 0 aliphatic carbocycles. The number of ether oxygens (including phenoxy) is 1. The molecule has 3 nitrogen and oxygen atoms in total. The lowest BCUT2D eigenvalue weighted by molar-refractivity contribution is -0.128. The fourth-order valence-corrected chi connectivity index (χ4v) is 2.48. The Morgan fingerprint density at radius 3 is 2.58 bits per heavy atom. The molecule has 1 saturated heterocycles. The van der Waals surface area contributed by atoms with Crippen LogP contribution in [0.1, 0.15) is 25.8 Å². The molecule has 0 radical (unpaired) electrons. The Morgan fingerprint density at radius 1 is 1.37 bits per heavy atom. The topological polar surface area (TPSA) is 29.5 Å². The van der Waals surface area contributed by atoms with Crippen LogP contribution in [-0.4, -0.2) is 29.3 Å². The minimum absolute atomic E-state index is 0.176. The number of hydrogen-bond donors (Lipinski definition) is 0. The predicted molar refractivity (Wildman–Crippen MR) is 76.5 cm³/mol. The maximum absolute atomic E-state index is 11.8. The van der Waals surface area contributed by atoms with Crippen LogP contribution in [0, 0.1) is 5.92 Å². The van der Waals surface area contributed by atoms with Gasteiger partial charge in [0, 0.05) is 25.4 Å². The molecule has 1 fully saturated rings. The molecule has 1 amide bonds.